The first-order chi connectivity index (χ1) is 10.1. The Morgan fingerprint density at radius 3 is 2.67 bits per heavy atom. The summed E-state index contributed by atoms with van der Waals surface area (Å²) >= 11 is 0. The fourth-order valence-corrected chi connectivity index (χ4v) is 2.74. The van der Waals surface area contributed by atoms with Gasteiger partial charge in [-0.05, 0) is 41.5 Å². The van der Waals surface area contributed by atoms with Crippen LogP contribution in [0.15, 0.2) is 36.4 Å². The highest BCUT2D eigenvalue weighted by atomic mass is 16.5. The van der Waals surface area contributed by atoms with Crippen LogP contribution in [0.2, 0.25) is 0 Å². The molecule has 1 aliphatic heterocycles. The topological polar surface area (TPSA) is 65.4 Å². The van der Waals surface area contributed by atoms with E-state index in [4.69, 9.17) is 10.1 Å². The minimum atomic E-state index is -0.325. The van der Waals surface area contributed by atoms with Gasteiger partial charge in [-0.1, -0.05) is 18.2 Å². The Bertz CT molecular complexity index is 727. The Labute approximate surface area is 123 Å². The largest absolute Gasteiger partial charge is 0.497 e. The predicted octanol–water partition coefficient (Wildman–Crippen LogP) is 2.91. The molecule has 1 fully saturated rings. The number of carbonyl (C=O) groups is 1. The molecule has 2 amide bonds. The molecule has 2 aromatic rings. The van der Waals surface area contributed by atoms with E-state index < -0.39 is 0 Å². The molecule has 5 heteroatoms. The molecule has 0 radical (unpaired) electrons. The minimum absolute atomic E-state index is 0.206. The number of nitrogens with one attached hydrogen (secondary N) is 2. The number of amidine groups is 1. The third kappa shape index (κ3) is 2.20. The van der Waals surface area contributed by atoms with Crippen LogP contribution >= 0.6 is 0 Å². The molecule has 2 N–H and O–H groups in total. The number of benzene rings is 2. The van der Waals surface area contributed by atoms with Gasteiger partial charge in [0.15, 0.2) is 0 Å². The van der Waals surface area contributed by atoms with Gasteiger partial charge in [-0.25, -0.2) is 4.79 Å². The molecular formula is C16H17N3O2. The lowest BCUT2D eigenvalue weighted by Crippen LogP contribution is -2.29. The second-order valence-corrected chi connectivity index (χ2v) is 5.00. The van der Waals surface area contributed by atoms with Gasteiger partial charge in [0.25, 0.3) is 0 Å². The smallest absolute Gasteiger partial charge is 0.323 e. The lowest BCUT2D eigenvalue weighted by atomic mass is 10.0. The number of hydrogen-bond donors (Lipinski definition) is 2. The first-order valence-corrected chi connectivity index (χ1v) is 6.88. The number of likely N-dealkylation sites (N-methyl/N-ethyl adjacent to an activating group) is 1. The van der Waals surface area contributed by atoms with E-state index in [0.717, 1.165) is 22.1 Å². The first kappa shape index (κ1) is 13.4. The van der Waals surface area contributed by atoms with Gasteiger partial charge in [0.1, 0.15) is 17.6 Å². The van der Waals surface area contributed by atoms with Gasteiger partial charge in [0.2, 0.25) is 0 Å². The number of rotatable bonds is 3. The molecule has 2 aromatic carbocycles. The summed E-state index contributed by atoms with van der Waals surface area (Å²) in [4.78, 5) is 13.5. The number of urea groups is 1. The van der Waals surface area contributed by atoms with E-state index in [0.29, 0.717) is 6.54 Å². The van der Waals surface area contributed by atoms with Crippen molar-refractivity contribution in [1.29, 1.82) is 5.41 Å². The molecule has 5 nitrogen and oxygen atoms in total. The molecule has 0 bridgehead atoms. The second kappa shape index (κ2) is 5.09. The van der Waals surface area contributed by atoms with Crippen molar-refractivity contribution >= 4 is 22.6 Å². The van der Waals surface area contributed by atoms with Crippen LogP contribution in [0, 0.1) is 5.41 Å². The van der Waals surface area contributed by atoms with Crippen LogP contribution in [-0.4, -0.2) is 30.4 Å². The molecule has 1 saturated heterocycles. The van der Waals surface area contributed by atoms with Gasteiger partial charge in [0, 0.05) is 6.54 Å². The summed E-state index contributed by atoms with van der Waals surface area (Å²) in [5.41, 5.74) is 0.942. The third-order valence-electron chi connectivity index (χ3n) is 3.82. The number of hydrogen-bond acceptors (Lipinski definition) is 3. The predicted molar refractivity (Wildman–Crippen MR) is 81.9 cm³/mol. The molecule has 1 unspecified atom stereocenters. The summed E-state index contributed by atoms with van der Waals surface area (Å²) in [5.74, 6) is 1.05. The van der Waals surface area contributed by atoms with Crippen LogP contribution in [0.4, 0.5) is 4.79 Å². The molecule has 108 valence electrons. The summed E-state index contributed by atoms with van der Waals surface area (Å²) < 4.78 is 5.22. The highest BCUT2D eigenvalue weighted by molar-refractivity contribution is 6.06. The van der Waals surface area contributed by atoms with E-state index >= 15 is 0 Å². The van der Waals surface area contributed by atoms with Crippen molar-refractivity contribution in [3.8, 4) is 5.75 Å². The van der Waals surface area contributed by atoms with Crippen molar-refractivity contribution in [1.82, 2.24) is 10.2 Å². The Morgan fingerprint density at radius 2 is 1.95 bits per heavy atom. The zero-order chi connectivity index (χ0) is 15.0. The summed E-state index contributed by atoms with van der Waals surface area (Å²) in [5, 5.41) is 12.7. The molecule has 21 heavy (non-hydrogen) atoms. The highest BCUT2D eigenvalue weighted by Crippen LogP contribution is 2.29. The van der Waals surface area contributed by atoms with Gasteiger partial charge in [-0.3, -0.25) is 10.7 Å². The van der Waals surface area contributed by atoms with Crippen molar-refractivity contribution in [3.05, 3.63) is 42.0 Å². The monoisotopic (exact) mass is 283 g/mol. The van der Waals surface area contributed by atoms with Crippen molar-refractivity contribution < 1.29 is 9.53 Å². The van der Waals surface area contributed by atoms with E-state index in [1.165, 1.54) is 0 Å². The first-order valence-electron chi connectivity index (χ1n) is 6.88. The Balaban J connectivity index is 2.04. The van der Waals surface area contributed by atoms with Gasteiger partial charge in [-0.15, -0.1) is 0 Å². The number of methoxy groups -OCH3 is 1. The highest BCUT2D eigenvalue weighted by Gasteiger charge is 2.35. The Hall–Kier alpha value is -2.56. The van der Waals surface area contributed by atoms with Crippen molar-refractivity contribution in [2.75, 3.05) is 13.7 Å². The molecule has 1 aliphatic rings. The molecule has 1 heterocycles. The lowest BCUT2D eigenvalue weighted by Gasteiger charge is -2.21. The van der Waals surface area contributed by atoms with Crippen LogP contribution in [0.25, 0.3) is 10.8 Å². The van der Waals surface area contributed by atoms with E-state index in [1.807, 2.05) is 43.3 Å². The number of nitrogens with zero attached hydrogens (tertiary/aromatic N) is 1. The second-order valence-electron chi connectivity index (χ2n) is 5.00. The maximum absolute atomic E-state index is 11.8. The summed E-state index contributed by atoms with van der Waals surface area (Å²) in [7, 11) is 1.64. The summed E-state index contributed by atoms with van der Waals surface area (Å²) in [6.45, 7) is 2.48. The number of carbonyl (C=O) groups excluding carboxylic acids is 1. The molecule has 0 spiro atoms. The average molecular weight is 283 g/mol. The van der Waals surface area contributed by atoms with Crippen LogP contribution in [0.5, 0.6) is 5.75 Å². The van der Waals surface area contributed by atoms with Crippen molar-refractivity contribution in [2.45, 2.75) is 13.0 Å². The van der Waals surface area contributed by atoms with Crippen LogP contribution in [-0.2, 0) is 0 Å². The number of fused-ring (bicyclic) bond motifs is 1. The summed E-state index contributed by atoms with van der Waals surface area (Å²) in [6.07, 6.45) is 0. The van der Waals surface area contributed by atoms with E-state index in [1.54, 1.807) is 12.0 Å². The third-order valence-corrected chi connectivity index (χ3v) is 3.82. The van der Waals surface area contributed by atoms with Gasteiger partial charge in [-0.2, -0.15) is 0 Å². The fraction of sp³-hybridized carbons (Fsp3) is 0.250. The number of amides is 2. The van der Waals surface area contributed by atoms with Crippen molar-refractivity contribution in [2.24, 2.45) is 0 Å². The van der Waals surface area contributed by atoms with Gasteiger partial charge < -0.3 is 9.64 Å². The molecule has 1 atom stereocenters. The quantitative estimate of drug-likeness (QED) is 0.909. The Morgan fingerprint density at radius 1 is 1.24 bits per heavy atom. The van der Waals surface area contributed by atoms with Gasteiger partial charge in [0.05, 0.1) is 7.11 Å². The van der Waals surface area contributed by atoms with Crippen LogP contribution in [0.3, 0.4) is 0 Å². The summed E-state index contributed by atoms with van der Waals surface area (Å²) in [6, 6.07) is 11.3. The lowest BCUT2D eigenvalue weighted by molar-refractivity contribution is 0.209. The zero-order valence-corrected chi connectivity index (χ0v) is 12.0. The van der Waals surface area contributed by atoms with Crippen LogP contribution in [0.1, 0.15) is 18.5 Å². The molecule has 0 saturated carbocycles. The van der Waals surface area contributed by atoms with E-state index in [9.17, 15) is 4.79 Å². The van der Waals surface area contributed by atoms with E-state index in [2.05, 4.69) is 5.32 Å². The van der Waals surface area contributed by atoms with Gasteiger partial charge >= 0.3 is 6.03 Å². The standard InChI is InChI=1S/C16H17N3O2/c1-3-19-14(15(17)18-16(19)20)12-5-4-11-9-13(21-2)7-6-10(11)8-12/h4-9,14H,3H2,1-2H3,(H2,17,18,20). The molecule has 3 rings (SSSR count). The van der Waals surface area contributed by atoms with Crippen molar-refractivity contribution in [3.63, 3.8) is 0 Å². The van der Waals surface area contributed by atoms with E-state index in [-0.39, 0.29) is 17.9 Å². The maximum atomic E-state index is 11.8. The average Bonchev–Trinajstić information content (AvgIpc) is 2.79. The fourth-order valence-electron chi connectivity index (χ4n) is 2.74. The minimum Gasteiger partial charge on any atom is -0.497 e. The molecule has 0 aromatic heterocycles. The molecule has 0 aliphatic carbocycles. The SMILES string of the molecule is CCN1C(=O)NC(=N)C1c1ccc2cc(OC)ccc2c1. The maximum Gasteiger partial charge on any atom is 0.323 e. The van der Waals surface area contributed by atoms with Crippen LogP contribution < -0.4 is 10.1 Å². The molecular weight excluding hydrogens is 266 g/mol. The normalized spacial score (nSPS) is 18.2. The zero-order valence-electron chi connectivity index (χ0n) is 12.0. The Kier molecular flexibility index (Phi) is 3.25. The number of ether oxygens (including phenoxy) is 1.